The van der Waals surface area contributed by atoms with Crippen LogP contribution < -0.4 is 14.4 Å². The number of rotatable bonds is 11. The zero-order valence-corrected chi connectivity index (χ0v) is 22.6. The third kappa shape index (κ3) is 7.00. The summed E-state index contributed by atoms with van der Waals surface area (Å²) in [5, 5.41) is 0. The van der Waals surface area contributed by atoms with E-state index in [1.165, 1.54) is 24.1 Å². The van der Waals surface area contributed by atoms with Gasteiger partial charge in [-0.1, -0.05) is 66.9 Å². The number of anilines is 1. The lowest BCUT2D eigenvalue weighted by Crippen LogP contribution is -2.32. The maximum atomic E-state index is 6.09. The highest BCUT2D eigenvalue weighted by Gasteiger charge is 2.21. The summed E-state index contributed by atoms with van der Waals surface area (Å²) in [7, 11) is 0. The normalized spacial score (nSPS) is 14.2. The van der Waals surface area contributed by atoms with E-state index in [1.807, 2.05) is 6.07 Å². The minimum absolute atomic E-state index is 0.600. The molecule has 35 heavy (non-hydrogen) atoms. The highest BCUT2D eigenvalue weighted by atomic mass is 79.9. The molecule has 1 aliphatic rings. The van der Waals surface area contributed by atoms with Gasteiger partial charge in [-0.2, -0.15) is 4.98 Å². The molecule has 3 aromatic rings. The monoisotopic (exact) mass is 536 g/mol. The van der Waals surface area contributed by atoms with E-state index >= 15 is 0 Å². The topological polar surface area (TPSA) is 34.6 Å². The number of aromatic nitrogens is 1. The standard InChI is InChI=1S/C30H37BrN2O2/c1-3-5-21-34-29-16-15-28(30(32-29)35-22-6-4-2)25-9-7-23(8-10-25)24-17-19-33(20-18-24)27-13-11-26(31)12-14-27/h7-16,24H,3-6,17-22H2,1-2H3. The molecule has 0 N–H and O–H groups in total. The molecule has 4 nitrogen and oxygen atoms in total. The van der Waals surface area contributed by atoms with Gasteiger partial charge in [0, 0.05) is 34.9 Å². The fourth-order valence-electron chi connectivity index (χ4n) is 4.53. The van der Waals surface area contributed by atoms with Crippen LogP contribution >= 0.6 is 15.9 Å². The lowest BCUT2D eigenvalue weighted by Gasteiger charge is -2.34. The molecule has 0 spiro atoms. The Morgan fingerprint density at radius 3 is 2.14 bits per heavy atom. The van der Waals surface area contributed by atoms with Gasteiger partial charge >= 0.3 is 0 Å². The molecule has 2 heterocycles. The van der Waals surface area contributed by atoms with E-state index in [9.17, 15) is 0 Å². The minimum atomic E-state index is 0.600. The van der Waals surface area contributed by atoms with Gasteiger partial charge in [-0.15, -0.1) is 0 Å². The van der Waals surface area contributed by atoms with Gasteiger partial charge in [0.15, 0.2) is 0 Å². The van der Waals surface area contributed by atoms with Crippen molar-refractivity contribution in [2.45, 2.75) is 58.3 Å². The van der Waals surface area contributed by atoms with Crippen molar-refractivity contribution in [3.8, 4) is 22.9 Å². The van der Waals surface area contributed by atoms with Crippen molar-refractivity contribution >= 4 is 21.6 Å². The van der Waals surface area contributed by atoms with E-state index in [4.69, 9.17) is 14.5 Å². The summed E-state index contributed by atoms with van der Waals surface area (Å²) in [6.45, 7) is 7.87. The van der Waals surface area contributed by atoms with E-state index in [0.29, 0.717) is 30.9 Å². The van der Waals surface area contributed by atoms with Crippen molar-refractivity contribution in [1.82, 2.24) is 4.98 Å². The Morgan fingerprint density at radius 1 is 0.829 bits per heavy atom. The van der Waals surface area contributed by atoms with Gasteiger partial charge in [-0.05, 0) is 73.1 Å². The van der Waals surface area contributed by atoms with Crippen LogP contribution in [0.1, 0.15) is 63.9 Å². The van der Waals surface area contributed by atoms with Gasteiger partial charge in [0.1, 0.15) is 0 Å². The molecule has 0 amide bonds. The second-order valence-corrected chi connectivity index (χ2v) is 10.2. The van der Waals surface area contributed by atoms with Gasteiger partial charge in [0.05, 0.1) is 13.2 Å². The molecule has 0 unspecified atom stereocenters. The number of hydrogen-bond acceptors (Lipinski definition) is 4. The van der Waals surface area contributed by atoms with E-state index in [2.05, 4.69) is 89.3 Å². The molecule has 0 bridgehead atoms. The second-order valence-electron chi connectivity index (χ2n) is 9.27. The number of ether oxygens (including phenoxy) is 2. The smallest absolute Gasteiger partial charge is 0.224 e. The van der Waals surface area contributed by atoms with Crippen LogP contribution in [0, 0.1) is 0 Å². The highest BCUT2D eigenvalue weighted by molar-refractivity contribution is 9.10. The fourth-order valence-corrected chi connectivity index (χ4v) is 4.79. The molecule has 0 aliphatic carbocycles. The molecule has 1 aliphatic heterocycles. The predicted molar refractivity (Wildman–Crippen MR) is 149 cm³/mol. The summed E-state index contributed by atoms with van der Waals surface area (Å²) in [6.07, 6.45) is 6.59. The average molecular weight is 538 g/mol. The Kier molecular flexibility index (Phi) is 9.47. The Hall–Kier alpha value is -2.53. The minimum Gasteiger partial charge on any atom is -0.478 e. The van der Waals surface area contributed by atoms with Gasteiger partial charge in [-0.25, -0.2) is 0 Å². The first-order valence-corrected chi connectivity index (χ1v) is 13.8. The summed E-state index contributed by atoms with van der Waals surface area (Å²) in [4.78, 5) is 7.19. The summed E-state index contributed by atoms with van der Waals surface area (Å²) >= 11 is 3.53. The highest BCUT2D eigenvalue weighted by Crippen LogP contribution is 2.35. The molecule has 0 saturated carbocycles. The third-order valence-electron chi connectivity index (χ3n) is 6.70. The number of pyridine rings is 1. The zero-order valence-electron chi connectivity index (χ0n) is 21.0. The number of benzene rings is 2. The van der Waals surface area contributed by atoms with Crippen LogP contribution in [-0.4, -0.2) is 31.3 Å². The third-order valence-corrected chi connectivity index (χ3v) is 7.23. The molecular formula is C30H37BrN2O2. The SMILES string of the molecule is CCCCOc1ccc(-c2ccc(C3CCN(c4ccc(Br)cc4)CC3)cc2)c(OCCCC)n1. The van der Waals surface area contributed by atoms with Crippen LogP contribution in [0.15, 0.2) is 65.1 Å². The molecule has 2 aromatic carbocycles. The molecule has 0 radical (unpaired) electrons. The Labute approximate surface area is 218 Å². The summed E-state index contributed by atoms with van der Waals surface area (Å²) in [5.41, 5.74) is 4.90. The largest absolute Gasteiger partial charge is 0.478 e. The van der Waals surface area contributed by atoms with E-state index in [-0.39, 0.29) is 0 Å². The number of piperidine rings is 1. The Balaban J connectivity index is 1.43. The van der Waals surface area contributed by atoms with Crippen molar-refractivity contribution in [2.75, 3.05) is 31.2 Å². The van der Waals surface area contributed by atoms with Crippen LogP contribution in [0.3, 0.4) is 0 Å². The number of hydrogen-bond donors (Lipinski definition) is 0. The van der Waals surface area contributed by atoms with Crippen LogP contribution in [0.25, 0.3) is 11.1 Å². The Morgan fingerprint density at radius 2 is 1.49 bits per heavy atom. The molecular weight excluding hydrogens is 500 g/mol. The summed E-state index contributed by atoms with van der Waals surface area (Å²) < 4.78 is 13.0. The van der Waals surface area contributed by atoms with Crippen LogP contribution in [0.4, 0.5) is 5.69 Å². The lowest BCUT2D eigenvalue weighted by molar-refractivity contribution is 0.274. The molecule has 4 rings (SSSR count). The first kappa shape index (κ1) is 25.6. The quantitative estimate of drug-likeness (QED) is 0.231. The summed E-state index contributed by atoms with van der Waals surface area (Å²) in [6, 6.07) is 21.7. The van der Waals surface area contributed by atoms with Gasteiger partial charge < -0.3 is 14.4 Å². The molecule has 1 aromatic heterocycles. The van der Waals surface area contributed by atoms with Gasteiger partial charge in [0.25, 0.3) is 0 Å². The van der Waals surface area contributed by atoms with Crippen molar-refractivity contribution in [3.05, 3.63) is 70.7 Å². The van der Waals surface area contributed by atoms with Crippen LogP contribution in [0.2, 0.25) is 0 Å². The zero-order chi connectivity index (χ0) is 24.5. The van der Waals surface area contributed by atoms with E-state index in [0.717, 1.165) is 54.4 Å². The van der Waals surface area contributed by atoms with Crippen molar-refractivity contribution in [2.24, 2.45) is 0 Å². The number of unbranched alkanes of at least 4 members (excludes halogenated alkanes) is 2. The van der Waals surface area contributed by atoms with E-state index in [1.54, 1.807) is 0 Å². The fraction of sp³-hybridized carbons (Fsp3) is 0.433. The van der Waals surface area contributed by atoms with Crippen LogP contribution in [0.5, 0.6) is 11.8 Å². The molecule has 1 saturated heterocycles. The van der Waals surface area contributed by atoms with Gasteiger partial charge in [-0.3, -0.25) is 0 Å². The first-order chi connectivity index (χ1) is 17.2. The lowest BCUT2D eigenvalue weighted by atomic mass is 9.88. The van der Waals surface area contributed by atoms with Crippen molar-refractivity contribution in [3.63, 3.8) is 0 Å². The predicted octanol–water partition coefficient (Wildman–Crippen LogP) is 8.25. The van der Waals surface area contributed by atoms with Crippen LogP contribution in [-0.2, 0) is 0 Å². The maximum absolute atomic E-state index is 6.09. The average Bonchev–Trinajstić information content (AvgIpc) is 2.90. The van der Waals surface area contributed by atoms with Gasteiger partial charge in [0.2, 0.25) is 11.8 Å². The van der Waals surface area contributed by atoms with Crippen molar-refractivity contribution in [1.29, 1.82) is 0 Å². The number of nitrogens with zero attached hydrogens (tertiary/aromatic N) is 2. The Bertz CT molecular complexity index is 1040. The van der Waals surface area contributed by atoms with Crippen molar-refractivity contribution < 1.29 is 9.47 Å². The maximum Gasteiger partial charge on any atom is 0.224 e. The first-order valence-electron chi connectivity index (χ1n) is 13.1. The van der Waals surface area contributed by atoms with E-state index < -0.39 is 0 Å². The summed E-state index contributed by atoms with van der Waals surface area (Å²) in [5.74, 6) is 1.91. The molecule has 5 heteroatoms. The number of halogens is 1. The second kappa shape index (κ2) is 13.0. The molecule has 186 valence electrons. The molecule has 1 fully saturated rings. The molecule has 0 atom stereocenters.